The van der Waals surface area contributed by atoms with Crippen LogP contribution in [-0.4, -0.2) is 31.1 Å². The largest absolute Gasteiger partial charge is 0.353 e. The summed E-state index contributed by atoms with van der Waals surface area (Å²) in [5.74, 6) is -0.139. The number of amides is 1. The lowest BCUT2D eigenvalue weighted by Gasteiger charge is -2.09. The number of fused-ring (bicyclic) bond motifs is 2. The van der Waals surface area contributed by atoms with Crippen molar-refractivity contribution in [1.29, 1.82) is 0 Å². The molecule has 0 aliphatic carbocycles. The van der Waals surface area contributed by atoms with Crippen molar-refractivity contribution >= 4 is 33.4 Å². The van der Waals surface area contributed by atoms with Gasteiger partial charge in [0.25, 0.3) is 0 Å². The number of anilines is 1. The van der Waals surface area contributed by atoms with Gasteiger partial charge in [-0.3, -0.25) is 19.9 Å². The number of carbonyl (C=O) groups excluding carboxylic acids is 1. The fraction of sp³-hybridized carbons (Fsp3) is 0.103. The topological polar surface area (TPSA) is 99.3 Å². The quantitative estimate of drug-likeness (QED) is 0.269. The first-order valence-electron chi connectivity index (χ1n) is 11.8. The molecule has 0 atom stereocenters. The summed E-state index contributed by atoms with van der Waals surface area (Å²) in [7, 11) is 0. The van der Waals surface area contributed by atoms with E-state index >= 15 is 0 Å². The van der Waals surface area contributed by atoms with Crippen LogP contribution in [0.1, 0.15) is 13.8 Å². The van der Waals surface area contributed by atoms with E-state index < -0.39 is 0 Å². The number of rotatable bonds is 5. The molecule has 4 aromatic heterocycles. The van der Waals surface area contributed by atoms with Gasteiger partial charge in [0, 0.05) is 51.9 Å². The lowest BCUT2D eigenvalue weighted by Crippen LogP contribution is -2.17. The number of hydrogen-bond donors (Lipinski definition) is 3. The second-order valence-electron chi connectivity index (χ2n) is 9.13. The molecule has 0 saturated heterocycles. The van der Waals surface area contributed by atoms with Crippen LogP contribution in [0.2, 0.25) is 0 Å². The molecule has 0 bridgehead atoms. The van der Waals surface area contributed by atoms with Gasteiger partial charge in [-0.05, 0) is 47.5 Å². The third-order valence-electron chi connectivity index (χ3n) is 6.32. The van der Waals surface area contributed by atoms with E-state index in [4.69, 9.17) is 0 Å². The Morgan fingerprint density at radius 1 is 0.833 bits per heavy atom. The zero-order valence-electron chi connectivity index (χ0n) is 19.9. The minimum Gasteiger partial charge on any atom is -0.353 e. The van der Waals surface area contributed by atoms with Crippen LogP contribution in [0.25, 0.3) is 55.4 Å². The van der Waals surface area contributed by atoms with Crippen molar-refractivity contribution in [2.45, 2.75) is 13.8 Å². The third kappa shape index (κ3) is 3.90. The summed E-state index contributed by atoms with van der Waals surface area (Å²) in [6.45, 7) is 3.73. The maximum atomic E-state index is 12.1. The van der Waals surface area contributed by atoms with Crippen LogP contribution in [0, 0.1) is 5.92 Å². The Hall–Kier alpha value is -4.78. The van der Waals surface area contributed by atoms with E-state index in [0.29, 0.717) is 5.69 Å². The van der Waals surface area contributed by atoms with Gasteiger partial charge in [0.2, 0.25) is 5.91 Å². The van der Waals surface area contributed by atoms with Gasteiger partial charge in [-0.2, -0.15) is 5.10 Å². The predicted octanol–water partition coefficient (Wildman–Crippen LogP) is 6.43. The number of carbonyl (C=O) groups is 1. The van der Waals surface area contributed by atoms with E-state index in [2.05, 4.69) is 60.8 Å². The number of pyridine rings is 2. The fourth-order valence-corrected chi connectivity index (χ4v) is 4.41. The molecule has 2 aromatic carbocycles. The Morgan fingerprint density at radius 3 is 2.56 bits per heavy atom. The Morgan fingerprint density at radius 2 is 1.72 bits per heavy atom. The van der Waals surface area contributed by atoms with Crippen LogP contribution in [0.5, 0.6) is 0 Å². The zero-order valence-corrected chi connectivity index (χ0v) is 19.9. The molecule has 6 rings (SSSR count). The summed E-state index contributed by atoms with van der Waals surface area (Å²) in [4.78, 5) is 24.3. The van der Waals surface area contributed by atoms with Gasteiger partial charge >= 0.3 is 0 Å². The van der Waals surface area contributed by atoms with Crippen molar-refractivity contribution in [2.75, 3.05) is 5.32 Å². The summed E-state index contributed by atoms with van der Waals surface area (Å²) in [5, 5.41) is 12.8. The number of nitrogens with zero attached hydrogens (tertiary/aromatic N) is 3. The Labute approximate surface area is 207 Å². The number of H-pyrrole nitrogens is 2. The van der Waals surface area contributed by atoms with Gasteiger partial charge in [-0.15, -0.1) is 0 Å². The molecule has 0 saturated carbocycles. The Balaban J connectivity index is 1.41. The predicted molar refractivity (Wildman–Crippen MR) is 143 cm³/mol. The van der Waals surface area contributed by atoms with E-state index in [1.54, 1.807) is 18.6 Å². The van der Waals surface area contributed by atoms with Gasteiger partial charge in [0.1, 0.15) is 5.69 Å². The molecule has 176 valence electrons. The number of benzene rings is 2. The van der Waals surface area contributed by atoms with Crippen molar-refractivity contribution in [3.05, 3.63) is 85.5 Å². The molecule has 7 nitrogen and oxygen atoms in total. The molecule has 6 aromatic rings. The highest BCUT2D eigenvalue weighted by atomic mass is 16.1. The van der Waals surface area contributed by atoms with Crippen molar-refractivity contribution < 1.29 is 4.79 Å². The van der Waals surface area contributed by atoms with E-state index in [9.17, 15) is 4.79 Å². The summed E-state index contributed by atoms with van der Waals surface area (Å²) in [5.41, 5.74) is 8.53. The first-order chi connectivity index (χ1) is 17.6. The van der Waals surface area contributed by atoms with Crippen molar-refractivity contribution in [1.82, 2.24) is 25.1 Å². The van der Waals surface area contributed by atoms with Gasteiger partial charge < -0.3 is 10.3 Å². The highest BCUT2D eigenvalue weighted by Gasteiger charge is 2.15. The summed E-state index contributed by atoms with van der Waals surface area (Å²) in [6, 6.07) is 20.5. The van der Waals surface area contributed by atoms with Crippen molar-refractivity contribution in [3.63, 3.8) is 0 Å². The second-order valence-corrected chi connectivity index (χ2v) is 9.13. The smallest absolute Gasteiger partial charge is 0.226 e. The Kier molecular flexibility index (Phi) is 5.30. The molecule has 4 heterocycles. The van der Waals surface area contributed by atoms with Crippen molar-refractivity contribution in [3.8, 4) is 33.6 Å². The molecule has 0 aliphatic rings. The molecule has 0 radical (unpaired) electrons. The minimum atomic E-state index is -0.103. The standard InChI is InChI=1S/C29H24N6O/c1-17(2)29(36)32-21-11-20(15-31-16-21)18-8-9-26-24(12-18)28(35-34-26)27-13-23-22(6-3-7-25(23)33-27)19-5-4-10-30-14-19/h3-17,33H,1-2H3,(H,32,36)(H,34,35). The average Bonchev–Trinajstić information content (AvgIpc) is 3.53. The van der Waals surface area contributed by atoms with Crippen LogP contribution in [0.15, 0.2) is 85.5 Å². The molecule has 7 heteroatoms. The number of aromatic amines is 2. The number of nitrogens with one attached hydrogen (secondary N) is 3. The monoisotopic (exact) mass is 472 g/mol. The van der Waals surface area contributed by atoms with Gasteiger partial charge in [0.15, 0.2) is 0 Å². The molecular formula is C29H24N6O. The molecule has 3 N–H and O–H groups in total. The fourth-order valence-electron chi connectivity index (χ4n) is 4.41. The third-order valence-corrected chi connectivity index (χ3v) is 6.32. The van der Waals surface area contributed by atoms with Crippen LogP contribution in [-0.2, 0) is 4.79 Å². The van der Waals surface area contributed by atoms with Crippen molar-refractivity contribution in [2.24, 2.45) is 5.92 Å². The van der Waals surface area contributed by atoms with E-state index in [0.717, 1.165) is 55.4 Å². The van der Waals surface area contributed by atoms with Crippen LogP contribution < -0.4 is 5.32 Å². The number of aromatic nitrogens is 5. The highest BCUT2D eigenvalue weighted by molar-refractivity contribution is 6.02. The second kappa shape index (κ2) is 8.78. The maximum Gasteiger partial charge on any atom is 0.226 e. The molecule has 1 amide bonds. The van der Waals surface area contributed by atoms with Gasteiger partial charge in [-0.1, -0.05) is 38.1 Å². The SMILES string of the molecule is CC(C)C(=O)Nc1cncc(-c2ccc3[nH]nc(-c4cc5c(-c6cccnc6)cccc5[nH]4)c3c2)c1. The van der Waals surface area contributed by atoms with Crippen LogP contribution in [0.3, 0.4) is 0 Å². The van der Waals surface area contributed by atoms with Crippen LogP contribution in [0.4, 0.5) is 5.69 Å². The molecular weight excluding hydrogens is 448 g/mol. The Bertz CT molecular complexity index is 1710. The first-order valence-corrected chi connectivity index (χ1v) is 11.8. The maximum absolute atomic E-state index is 12.1. The molecule has 0 spiro atoms. The average molecular weight is 473 g/mol. The van der Waals surface area contributed by atoms with Crippen LogP contribution >= 0.6 is 0 Å². The first kappa shape index (κ1) is 21.7. The lowest BCUT2D eigenvalue weighted by atomic mass is 10.0. The van der Waals surface area contributed by atoms with E-state index in [1.807, 2.05) is 50.4 Å². The highest BCUT2D eigenvalue weighted by Crippen LogP contribution is 2.35. The summed E-state index contributed by atoms with van der Waals surface area (Å²) in [6.07, 6.45) is 7.12. The molecule has 0 aliphatic heterocycles. The minimum absolute atomic E-state index is 0.0361. The lowest BCUT2D eigenvalue weighted by molar-refractivity contribution is -0.118. The number of hydrogen-bond acceptors (Lipinski definition) is 4. The van der Waals surface area contributed by atoms with Gasteiger partial charge in [0.05, 0.1) is 23.1 Å². The van der Waals surface area contributed by atoms with Gasteiger partial charge in [-0.25, -0.2) is 0 Å². The van der Waals surface area contributed by atoms with E-state index in [-0.39, 0.29) is 11.8 Å². The summed E-state index contributed by atoms with van der Waals surface area (Å²) >= 11 is 0. The summed E-state index contributed by atoms with van der Waals surface area (Å²) < 4.78 is 0. The molecule has 0 unspecified atom stereocenters. The van der Waals surface area contributed by atoms with E-state index in [1.165, 1.54) is 0 Å². The zero-order chi connectivity index (χ0) is 24.6. The molecule has 0 fully saturated rings. The normalized spacial score (nSPS) is 11.4. The molecule has 36 heavy (non-hydrogen) atoms.